The SMILES string of the molecule is CCC(Sc1cccc(NC(=O)/C(=C\c2ccc(OC)c(OC)c2)NC(=O)c2ccccc2)c1)C(=O)n1c2ccccc2c2ccccc21. The van der Waals surface area contributed by atoms with E-state index in [0.29, 0.717) is 34.7 Å². The number of carbonyl (C=O) groups excluding carboxylic acids is 3. The Kier molecular flexibility index (Phi) is 10.1. The van der Waals surface area contributed by atoms with Crippen LogP contribution in [-0.2, 0) is 4.79 Å². The first-order valence-corrected chi connectivity index (χ1v) is 16.7. The number of amides is 2. The molecule has 1 aromatic heterocycles. The zero-order valence-corrected chi connectivity index (χ0v) is 28.1. The van der Waals surface area contributed by atoms with E-state index in [1.54, 1.807) is 61.7 Å². The molecular weight excluding hydrogens is 635 g/mol. The number of ether oxygens (including phenoxy) is 2. The number of anilines is 1. The van der Waals surface area contributed by atoms with Crippen molar-refractivity contribution in [3.8, 4) is 11.5 Å². The lowest BCUT2D eigenvalue weighted by Gasteiger charge is -2.17. The summed E-state index contributed by atoms with van der Waals surface area (Å²) in [4.78, 5) is 41.8. The highest BCUT2D eigenvalue weighted by molar-refractivity contribution is 8.00. The van der Waals surface area contributed by atoms with Crippen LogP contribution in [0.2, 0.25) is 0 Å². The number of aromatic nitrogens is 1. The van der Waals surface area contributed by atoms with Gasteiger partial charge in [0.2, 0.25) is 5.91 Å². The van der Waals surface area contributed by atoms with E-state index in [2.05, 4.69) is 10.6 Å². The van der Waals surface area contributed by atoms with E-state index in [4.69, 9.17) is 9.47 Å². The van der Waals surface area contributed by atoms with Gasteiger partial charge in [-0.15, -0.1) is 11.8 Å². The van der Waals surface area contributed by atoms with Crippen molar-refractivity contribution in [2.45, 2.75) is 23.5 Å². The number of hydrogen-bond acceptors (Lipinski definition) is 6. The molecule has 2 N–H and O–H groups in total. The number of carbonyl (C=O) groups is 3. The molecule has 0 saturated heterocycles. The van der Waals surface area contributed by atoms with Gasteiger partial charge in [-0.3, -0.25) is 19.0 Å². The molecule has 5 aromatic carbocycles. The second-order valence-corrected chi connectivity index (χ2v) is 12.5. The standard InChI is InChI=1S/C40H35N3O5S/c1-4-37(40(46)43-33-19-10-8-17-30(33)31-18-9-11-20-34(31)43)49-29-16-12-15-28(25-29)41-39(45)32(42-38(44)27-13-6-5-7-14-27)23-26-21-22-35(47-2)36(24-26)48-3/h5-25,37H,4H2,1-3H3,(H,41,45)(H,42,44)/b32-23+. The number of nitrogens with one attached hydrogen (secondary N) is 2. The minimum Gasteiger partial charge on any atom is -0.493 e. The van der Waals surface area contributed by atoms with Crippen molar-refractivity contribution in [2.24, 2.45) is 0 Å². The van der Waals surface area contributed by atoms with Crippen molar-refractivity contribution in [2.75, 3.05) is 19.5 Å². The van der Waals surface area contributed by atoms with Gasteiger partial charge in [0.15, 0.2) is 11.5 Å². The van der Waals surface area contributed by atoms with Gasteiger partial charge in [0.25, 0.3) is 11.8 Å². The minimum atomic E-state index is -0.519. The van der Waals surface area contributed by atoms with Crippen molar-refractivity contribution in [1.29, 1.82) is 0 Å². The predicted molar refractivity (Wildman–Crippen MR) is 197 cm³/mol. The van der Waals surface area contributed by atoms with Gasteiger partial charge >= 0.3 is 0 Å². The number of benzene rings is 5. The van der Waals surface area contributed by atoms with Crippen LogP contribution >= 0.6 is 11.8 Å². The Morgan fingerprint density at radius 3 is 2.06 bits per heavy atom. The van der Waals surface area contributed by atoms with Crippen LogP contribution in [0.3, 0.4) is 0 Å². The molecule has 8 nitrogen and oxygen atoms in total. The first kappa shape index (κ1) is 33.1. The Bertz CT molecular complexity index is 2140. The van der Waals surface area contributed by atoms with Crippen LogP contribution in [0.1, 0.15) is 34.1 Å². The van der Waals surface area contributed by atoms with Crippen molar-refractivity contribution in [3.63, 3.8) is 0 Å². The summed E-state index contributed by atoms with van der Waals surface area (Å²) in [5, 5.41) is 7.38. The van der Waals surface area contributed by atoms with Crippen molar-refractivity contribution >= 4 is 63.1 Å². The number of para-hydroxylation sites is 2. The lowest BCUT2D eigenvalue weighted by Crippen LogP contribution is -2.30. The molecule has 246 valence electrons. The molecule has 6 aromatic rings. The van der Waals surface area contributed by atoms with Crippen LogP contribution in [0.15, 0.2) is 132 Å². The maximum absolute atomic E-state index is 14.1. The molecule has 0 fully saturated rings. The third-order valence-corrected chi connectivity index (χ3v) is 9.41. The van der Waals surface area contributed by atoms with Crippen LogP contribution < -0.4 is 20.1 Å². The molecular formula is C40H35N3O5S. The second kappa shape index (κ2) is 15.0. The van der Waals surface area contributed by atoms with Crippen molar-refractivity contribution in [1.82, 2.24) is 9.88 Å². The number of fused-ring (bicyclic) bond motifs is 3. The van der Waals surface area contributed by atoms with Crippen LogP contribution in [0.5, 0.6) is 11.5 Å². The second-order valence-electron chi connectivity index (χ2n) is 11.2. The van der Waals surface area contributed by atoms with Crippen LogP contribution in [0, 0.1) is 0 Å². The molecule has 1 heterocycles. The quantitative estimate of drug-likeness (QED) is 0.106. The van der Waals surface area contributed by atoms with E-state index in [-0.39, 0.29) is 16.9 Å². The summed E-state index contributed by atoms with van der Waals surface area (Å²) in [6.45, 7) is 2.00. The third-order valence-electron chi connectivity index (χ3n) is 8.06. The van der Waals surface area contributed by atoms with Crippen LogP contribution in [0.4, 0.5) is 5.69 Å². The Morgan fingerprint density at radius 2 is 1.41 bits per heavy atom. The molecule has 6 rings (SSSR count). The Hall–Kier alpha value is -5.80. The van der Waals surface area contributed by atoms with Gasteiger partial charge in [-0.05, 0) is 72.7 Å². The summed E-state index contributed by atoms with van der Waals surface area (Å²) in [6, 6.07) is 37.1. The summed E-state index contributed by atoms with van der Waals surface area (Å²) < 4.78 is 12.6. The van der Waals surface area contributed by atoms with E-state index < -0.39 is 11.8 Å². The molecule has 0 aliphatic rings. The first-order chi connectivity index (χ1) is 23.9. The van der Waals surface area contributed by atoms with Crippen LogP contribution in [-0.4, -0.2) is 41.8 Å². The molecule has 0 bridgehead atoms. The van der Waals surface area contributed by atoms with Crippen LogP contribution in [0.25, 0.3) is 27.9 Å². The largest absolute Gasteiger partial charge is 0.493 e. The van der Waals surface area contributed by atoms with E-state index in [9.17, 15) is 14.4 Å². The monoisotopic (exact) mass is 669 g/mol. The van der Waals surface area contributed by atoms with Gasteiger partial charge in [-0.1, -0.05) is 73.7 Å². The summed E-state index contributed by atoms with van der Waals surface area (Å²) in [7, 11) is 3.07. The number of rotatable bonds is 11. The summed E-state index contributed by atoms with van der Waals surface area (Å²) in [6.07, 6.45) is 2.18. The zero-order chi connectivity index (χ0) is 34.3. The Balaban J connectivity index is 1.26. The van der Waals surface area contributed by atoms with E-state index >= 15 is 0 Å². The highest BCUT2D eigenvalue weighted by Crippen LogP contribution is 2.34. The smallest absolute Gasteiger partial charge is 0.272 e. The van der Waals surface area contributed by atoms with E-state index in [0.717, 1.165) is 26.7 Å². The number of thioether (sulfide) groups is 1. The highest BCUT2D eigenvalue weighted by atomic mass is 32.2. The maximum atomic E-state index is 14.1. The van der Waals surface area contributed by atoms with Gasteiger partial charge in [-0.25, -0.2) is 0 Å². The molecule has 1 atom stereocenters. The summed E-state index contributed by atoms with van der Waals surface area (Å²) in [5.74, 6) is 0.0604. The molecule has 0 radical (unpaired) electrons. The number of nitrogens with zero attached hydrogens (tertiary/aromatic N) is 1. The van der Waals surface area contributed by atoms with Gasteiger partial charge in [0, 0.05) is 26.9 Å². The molecule has 0 spiro atoms. The fraction of sp³-hybridized carbons (Fsp3) is 0.125. The molecule has 0 aliphatic carbocycles. The van der Waals surface area contributed by atoms with E-state index in [1.165, 1.54) is 18.9 Å². The Labute approximate surface area is 288 Å². The lowest BCUT2D eigenvalue weighted by atomic mass is 10.1. The van der Waals surface area contributed by atoms with Crippen molar-refractivity contribution < 1.29 is 23.9 Å². The molecule has 1 unspecified atom stereocenters. The van der Waals surface area contributed by atoms with Gasteiger partial charge in [0.1, 0.15) is 5.70 Å². The maximum Gasteiger partial charge on any atom is 0.272 e. The Morgan fingerprint density at radius 1 is 0.755 bits per heavy atom. The average Bonchev–Trinajstić information content (AvgIpc) is 3.48. The van der Waals surface area contributed by atoms with E-state index in [1.807, 2.05) is 84.3 Å². The first-order valence-electron chi connectivity index (χ1n) is 15.8. The zero-order valence-electron chi connectivity index (χ0n) is 27.3. The molecule has 2 amide bonds. The fourth-order valence-electron chi connectivity index (χ4n) is 5.67. The predicted octanol–water partition coefficient (Wildman–Crippen LogP) is 8.43. The molecule has 49 heavy (non-hydrogen) atoms. The molecule has 0 saturated carbocycles. The minimum absolute atomic E-state index is 0.0110. The third kappa shape index (κ3) is 7.22. The van der Waals surface area contributed by atoms with Gasteiger partial charge < -0.3 is 20.1 Å². The normalized spacial score (nSPS) is 12.0. The summed E-state index contributed by atoms with van der Waals surface area (Å²) in [5.41, 5.74) is 3.33. The number of methoxy groups -OCH3 is 2. The highest BCUT2D eigenvalue weighted by Gasteiger charge is 2.24. The lowest BCUT2D eigenvalue weighted by molar-refractivity contribution is -0.113. The molecule has 9 heteroatoms. The van der Waals surface area contributed by atoms with Crippen molar-refractivity contribution in [3.05, 3.63) is 138 Å². The average molecular weight is 670 g/mol. The van der Waals surface area contributed by atoms with Gasteiger partial charge in [-0.2, -0.15) is 0 Å². The fourth-order valence-corrected chi connectivity index (χ4v) is 6.73. The topological polar surface area (TPSA) is 98.7 Å². The number of hydrogen-bond donors (Lipinski definition) is 2. The summed E-state index contributed by atoms with van der Waals surface area (Å²) >= 11 is 1.45. The molecule has 0 aliphatic heterocycles. The van der Waals surface area contributed by atoms with Gasteiger partial charge in [0.05, 0.1) is 30.5 Å².